The maximum Gasteiger partial charge on any atom is 0.147 e. The first-order valence-corrected chi connectivity index (χ1v) is 6.99. The van der Waals surface area contributed by atoms with E-state index in [4.69, 9.17) is 22.7 Å². The number of benzene rings is 2. The molecule has 0 fully saturated rings. The van der Waals surface area contributed by atoms with E-state index in [9.17, 15) is 4.39 Å². The summed E-state index contributed by atoms with van der Waals surface area (Å²) < 4.78 is 19.5. The van der Waals surface area contributed by atoms with Gasteiger partial charge in [-0.15, -0.1) is 0 Å². The van der Waals surface area contributed by atoms with Crippen molar-refractivity contribution in [2.75, 3.05) is 5.32 Å². The number of nitrogens with one attached hydrogen (secondary N) is 1. The number of thiocarbonyl (C=S) groups is 1. The SMILES string of the molecule is CC(C)Oc1ccc(Nc2ccc(C(N)=S)cc2F)cc1. The summed E-state index contributed by atoms with van der Waals surface area (Å²) in [6.45, 7) is 3.93. The van der Waals surface area contributed by atoms with Crippen LogP contribution in [0.3, 0.4) is 0 Å². The van der Waals surface area contributed by atoms with Gasteiger partial charge in [0.15, 0.2) is 0 Å². The molecule has 2 rings (SSSR count). The van der Waals surface area contributed by atoms with Crippen LogP contribution in [0.2, 0.25) is 0 Å². The van der Waals surface area contributed by atoms with Gasteiger partial charge in [-0.25, -0.2) is 4.39 Å². The van der Waals surface area contributed by atoms with Gasteiger partial charge in [0.25, 0.3) is 0 Å². The summed E-state index contributed by atoms with van der Waals surface area (Å²) >= 11 is 4.82. The summed E-state index contributed by atoms with van der Waals surface area (Å²) in [5.74, 6) is 0.377. The fourth-order valence-electron chi connectivity index (χ4n) is 1.81. The van der Waals surface area contributed by atoms with Gasteiger partial charge in [0.05, 0.1) is 11.8 Å². The third kappa shape index (κ3) is 4.16. The van der Waals surface area contributed by atoms with E-state index in [1.165, 1.54) is 6.07 Å². The van der Waals surface area contributed by atoms with Gasteiger partial charge in [0.2, 0.25) is 0 Å². The Bertz CT molecular complexity index is 641. The summed E-state index contributed by atoms with van der Waals surface area (Å²) in [6, 6.07) is 12.0. The van der Waals surface area contributed by atoms with Crippen LogP contribution in [0, 0.1) is 5.82 Å². The molecule has 5 heteroatoms. The van der Waals surface area contributed by atoms with Crippen LogP contribution >= 0.6 is 12.2 Å². The average Bonchev–Trinajstić information content (AvgIpc) is 2.42. The molecule has 0 aliphatic rings. The summed E-state index contributed by atoms with van der Waals surface area (Å²) in [5.41, 5.74) is 7.12. The third-order valence-corrected chi connectivity index (χ3v) is 2.99. The van der Waals surface area contributed by atoms with E-state index < -0.39 is 5.82 Å². The van der Waals surface area contributed by atoms with Crippen molar-refractivity contribution in [3.05, 3.63) is 53.8 Å². The van der Waals surface area contributed by atoms with Gasteiger partial charge in [-0.2, -0.15) is 0 Å². The topological polar surface area (TPSA) is 47.3 Å². The van der Waals surface area contributed by atoms with E-state index in [1.807, 2.05) is 38.1 Å². The second-order valence-electron chi connectivity index (χ2n) is 4.87. The molecule has 0 spiro atoms. The Balaban J connectivity index is 2.13. The normalized spacial score (nSPS) is 10.5. The molecule has 0 heterocycles. The number of hydrogen-bond donors (Lipinski definition) is 2. The Hall–Kier alpha value is -2.14. The molecule has 3 nitrogen and oxygen atoms in total. The maximum atomic E-state index is 13.9. The number of hydrogen-bond acceptors (Lipinski definition) is 3. The Labute approximate surface area is 128 Å². The van der Waals surface area contributed by atoms with Crippen molar-refractivity contribution in [3.8, 4) is 5.75 Å². The summed E-state index contributed by atoms with van der Waals surface area (Å²) in [6.07, 6.45) is 0.119. The lowest BCUT2D eigenvalue weighted by molar-refractivity contribution is 0.242. The minimum absolute atomic E-state index is 0.119. The molecule has 0 atom stereocenters. The van der Waals surface area contributed by atoms with Gasteiger partial charge >= 0.3 is 0 Å². The highest BCUT2D eigenvalue weighted by atomic mass is 32.1. The molecule has 110 valence electrons. The first-order valence-electron chi connectivity index (χ1n) is 6.59. The zero-order chi connectivity index (χ0) is 15.4. The van der Waals surface area contributed by atoms with Crippen LogP contribution in [0.15, 0.2) is 42.5 Å². The van der Waals surface area contributed by atoms with E-state index in [1.54, 1.807) is 12.1 Å². The number of rotatable bonds is 5. The molecular formula is C16H17FN2OS. The van der Waals surface area contributed by atoms with Crippen LogP contribution in [0.5, 0.6) is 5.75 Å². The molecule has 0 aromatic heterocycles. The monoisotopic (exact) mass is 304 g/mol. The fourth-order valence-corrected chi connectivity index (χ4v) is 1.94. The maximum absolute atomic E-state index is 13.9. The molecule has 2 aromatic carbocycles. The van der Waals surface area contributed by atoms with E-state index in [2.05, 4.69) is 5.32 Å². The van der Waals surface area contributed by atoms with Crippen LogP contribution in [-0.4, -0.2) is 11.1 Å². The lowest BCUT2D eigenvalue weighted by atomic mass is 10.2. The van der Waals surface area contributed by atoms with Gasteiger partial charge < -0.3 is 15.8 Å². The fraction of sp³-hybridized carbons (Fsp3) is 0.188. The van der Waals surface area contributed by atoms with Crippen molar-refractivity contribution in [2.45, 2.75) is 20.0 Å². The van der Waals surface area contributed by atoms with E-state index >= 15 is 0 Å². The molecule has 0 saturated heterocycles. The van der Waals surface area contributed by atoms with Crippen molar-refractivity contribution in [1.82, 2.24) is 0 Å². The first-order chi connectivity index (χ1) is 9.95. The van der Waals surface area contributed by atoms with Gasteiger partial charge in [-0.1, -0.05) is 12.2 Å². The molecule has 0 aliphatic carbocycles. The highest BCUT2D eigenvalue weighted by molar-refractivity contribution is 7.80. The molecule has 2 aromatic rings. The predicted octanol–water partition coefficient (Wildman–Crippen LogP) is 3.99. The standard InChI is InChI=1S/C16H17FN2OS/c1-10(2)20-13-6-4-12(5-7-13)19-15-8-3-11(16(18)21)9-14(15)17/h3-10,19H,1-2H3,(H2,18,21). The van der Waals surface area contributed by atoms with Crippen molar-refractivity contribution in [1.29, 1.82) is 0 Å². The van der Waals surface area contributed by atoms with Gasteiger partial charge in [-0.05, 0) is 56.3 Å². The first kappa shape index (κ1) is 15.3. The van der Waals surface area contributed by atoms with Gasteiger partial charge in [-0.3, -0.25) is 0 Å². The molecule has 3 N–H and O–H groups in total. The molecule has 0 radical (unpaired) electrons. The number of anilines is 2. The third-order valence-electron chi connectivity index (χ3n) is 2.76. The zero-order valence-electron chi connectivity index (χ0n) is 11.9. The smallest absolute Gasteiger partial charge is 0.147 e. The minimum Gasteiger partial charge on any atom is -0.491 e. The predicted molar refractivity (Wildman–Crippen MR) is 87.8 cm³/mol. The quantitative estimate of drug-likeness (QED) is 0.820. The number of halogens is 1. The Morgan fingerprint density at radius 1 is 1.19 bits per heavy atom. The minimum atomic E-state index is -0.400. The van der Waals surface area contributed by atoms with E-state index in [0.29, 0.717) is 11.3 Å². The van der Waals surface area contributed by atoms with Crippen LogP contribution < -0.4 is 15.8 Å². The Morgan fingerprint density at radius 3 is 2.38 bits per heavy atom. The highest BCUT2D eigenvalue weighted by Crippen LogP contribution is 2.23. The summed E-state index contributed by atoms with van der Waals surface area (Å²) in [5, 5.41) is 3.00. The molecule has 0 unspecified atom stereocenters. The second-order valence-corrected chi connectivity index (χ2v) is 5.31. The van der Waals surface area contributed by atoms with Crippen LogP contribution in [0.4, 0.5) is 15.8 Å². The highest BCUT2D eigenvalue weighted by Gasteiger charge is 2.06. The van der Waals surface area contributed by atoms with Crippen molar-refractivity contribution in [2.24, 2.45) is 5.73 Å². The molecular weight excluding hydrogens is 287 g/mol. The van der Waals surface area contributed by atoms with Crippen molar-refractivity contribution < 1.29 is 9.13 Å². The lowest BCUT2D eigenvalue weighted by Gasteiger charge is -2.12. The number of ether oxygens (including phenoxy) is 1. The Morgan fingerprint density at radius 2 is 1.86 bits per heavy atom. The van der Waals surface area contributed by atoms with Crippen LogP contribution in [0.25, 0.3) is 0 Å². The largest absolute Gasteiger partial charge is 0.491 e. The van der Waals surface area contributed by atoms with Crippen LogP contribution in [0.1, 0.15) is 19.4 Å². The average molecular weight is 304 g/mol. The molecule has 21 heavy (non-hydrogen) atoms. The molecule has 0 aliphatic heterocycles. The van der Waals surface area contributed by atoms with Crippen molar-refractivity contribution in [3.63, 3.8) is 0 Å². The second kappa shape index (κ2) is 6.54. The van der Waals surface area contributed by atoms with Gasteiger partial charge in [0.1, 0.15) is 16.6 Å². The van der Waals surface area contributed by atoms with Crippen molar-refractivity contribution >= 4 is 28.6 Å². The van der Waals surface area contributed by atoms with E-state index in [0.717, 1.165) is 11.4 Å². The molecule has 0 bridgehead atoms. The molecule has 0 saturated carbocycles. The molecule has 0 amide bonds. The van der Waals surface area contributed by atoms with Gasteiger partial charge in [0, 0.05) is 11.3 Å². The Kier molecular flexibility index (Phi) is 4.75. The summed E-state index contributed by atoms with van der Waals surface area (Å²) in [4.78, 5) is 0.177. The van der Waals surface area contributed by atoms with Crippen LogP contribution in [-0.2, 0) is 0 Å². The van der Waals surface area contributed by atoms with E-state index in [-0.39, 0.29) is 11.1 Å². The number of nitrogens with two attached hydrogens (primary N) is 1. The lowest BCUT2D eigenvalue weighted by Crippen LogP contribution is -2.09. The zero-order valence-corrected chi connectivity index (χ0v) is 12.7. The summed E-state index contributed by atoms with van der Waals surface area (Å²) in [7, 11) is 0.